The average molecular weight is 435 g/mol. The molecule has 1 saturated heterocycles. The maximum atomic E-state index is 13.1. The lowest BCUT2D eigenvalue weighted by Crippen LogP contribution is -2.50. The Balaban J connectivity index is 1.32. The number of benzene rings is 2. The quantitative estimate of drug-likeness (QED) is 0.682. The predicted octanol–water partition coefficient (Wildman–Crippen LogP) is 3.59. The molecule has 168 valence electrons. The van der Waals surface area contributed by atoms with E-state index in [1.165, 1.54) is 34.3 Å². The number of halogens is 1. The summed E-state index contributed by atoms with van der Waals surface area (Å²) in [5.74, 6) is -0.0795. The zero-order valence-corrected chi connectivity index (χ0v) is 19.1. The van der Waals surface area contributed by atoms with Crippen LogP contribution < -0.4 is 10.2 Å². The van der Waals surface area contributed by atoms with Crippen LogP contribution in [0.5, 0.6) is 0 Å². The molecule has 0 radical (unpaired) electrons. The van der Waals surface area contributed by atoms with Crippen molar-refractivity contribution < 1.29 is 9.18 Å². The van der Waals surface area contributed by atoms with Crippen molar-refractivity contribution >= 4 is 22.5 Å². The number of piperazine rings is 1. The van der Waals surface area contributed by atoms with Crippen LogP contribution in [0.3, 0.4) is 0 Å². The van der Waals surface area contributed by atoms with E-state index >= 15 is 0 Å². The van der Waals surface area contributed by atoms with Gasteiger partial charge in [-0.3, -0.25) is 9.69 Å². The van der Waals surface area contributed by atoms with Crippen LogP contribution in [0.15, 0.2) is 42.5 Å². The second kappa shape index (κ2) is 8.01. The minimum absolute atomic E-state index is 0.0550. The first-order chi connectivity index (χ1) is 15.3. The number of aryl methyl sites for hydroxylation is 1. The number of carbonyl (C=O) groups is 1. The van der Waals surface area contributed by atoms with Crippen molar-refractivity contribution in [2.75, 3.05) is 37.6 Å². The maximum Gasteiger partial charge on any atom is 0.241 e. The van der Waals surface area contributed by atoms with Gasteiger partial charge < -0.3 is 14.8 Å². The average Bonchev–Trinajstić information content (AvgIpc) is 3.06. The number of carbonyl (C=O) groups excluding carboxylic acids is 1. The van der Waals surface area contributed by atoms with Gasteiger partial charge in [0.1, 0.15) is 5.82 Å². The van der Waals surface area contributed by atoms with Crippen molar-refractivity contribution in [2.45, 2.75) is 32.2 Å². The van der Waals surface area contributed by atoms with Crippen LogP contribution in [0.1, 0.15) is 30.7 Å². The van der Waals surface area contributed by atoms with Crippen LogP contribution in [0.25, 0.3) is 10.9 Å². The second-order valence-electron chi connectivity index (χ2n) is 9.58. The van der Waals surface area contributed by atoms with Gasteiger partial charge in [-0.1, -0.05) is 18.2 Å². The number of nitrogens with one attached hydrogen (secondary N) is 1. The van der Waals surface area contributed by atoms with E-state index in [9.17, 15) is 9.18 Å². The van der Waals surface area contributed by atoms with E-state index in [4.69, 9.17) is 0 Å². The fraction of sp³-hybridized carbons (Fsp3) is 0.423. The zero-order valence-electron chi connectivity index (χ0n) is 19.1. The van der Waals surface area contributed by atoms with E-state index in [1.54, 1.807) is 0 Å². The Bertz CT molecular complexity index is 1160. The van der Waals surface area contributed by atoms with E-state index < -0.39 is 0 Å². The van der Waals surface area contributed by atoms with E-state index in [0.29, 0.717) is 13.1 Å². The lowest BCUT2D eigenvalue weighted by atomic mass is 9.87. The minimum Gasteiger partial charge on any atom is -0.347 e. The van der Waals surface area contributed by atoms with Crippen LogP contribution in [0.2, 0.25) is 0 Å². The summed E-state index contributed by atoms with van der Waals surface area (Å²) in [6.07, 6.45) is 1.84. The Kier molecular flexibility index (Phi) is 5.30. The van der Waals surface area contributed by atoms with E-state index in [-0.39, 0.29) is 17.3 Å². The second-order valence-corrected chi connectivity index (χ2v) is 9.58. The molecular weight excluding hydrogens is 403 g/mol. The van der Waals surface area contributed by atoms with Crippen LogP contribution in [-0.4, -0.2) is 48.1 Å². The van der Waals surface area contributed by atoms with Gasteiger partial charge in [-0.25, -0.2) is 4.39 Å². The Labute approximate surface area is 188 Å². The molecule has 2 aromatic carbocycles. The molecule has 0 bridgehead atoms. The molecule has 3 heterocycles. The lowest BCUT2D eigenvalue weighted by molar-refractivity contribution is -0.121. The standard InChI is InChI=1S/C26H31FN4O/c1-26(2)25-21-9-8-20(16-23(21)29(3)22(25)10-12-28-26)31-15-14-30(17-24(31)32)13-11-18-4-6-19(27)7-5-18/h4-9,16,28H,10-15,17H2,1-3H3. The predicted molar refractivity (Wildman–Crippen MR) is 127 cm³/mol. The molecule has 1 N–H and O–H groups in total. The SMILES string of the molecule is Cn1c2c(c3ccc(N4CCN(CCc5ccc(F)cc5)CC4=O)cc31)C(C)(C)NCC2. The van der Waals surface area contributed by atoms with Gasteiger partial charge in [0.2, 0.25) is 5.91 Å². The van der Waals surface area contributed by atoms with Gasteiger partial charge in [0.05, 0.1) is 12.1 Å². The smallest absolute Gasteiger partial charge is 0.241 e. The van der Waals surface area contributed by atoms with Gasteiger partial charge in [0, 0.05) is 67.5 Å². The first kappa shape index (κ1) is 21.2. The maximum absolute atomic E-state index is 13.1. The molecule has 1 amide bonds. The summed E-state index contributed by atoms with van der Waals surface area (Å²) in [5.41, 5.74) is 5.97. The van der Waals surface area contributed by atoms with Crippen molar-refractivity contribution in [1.29, 1.82) is 0 Å². The molecular formula is C26H31FN4O. The number of anilines is 1. The van der Waals surface area contributed by atoms with Crippen molar-refractivity contribution in [3.05, 3.63) is 65.1 Å². The Morgan fingerprint density at radius 2 is 1.88 bits per heavy atom. The van der Waals surface area contributed by atoms with E-state index in [1.807, 2.05) is 17.0 Å². The number of aromatic nitrogens is 1. The Morgan fingerprint density at radius 1 is 1.09 bits per heavy atom. The monoisotopic (exact) mass is 434 g/mol. The number of hydrogen-bond acceptors (Lipinski definition) is 3. The van der Waals surface area contributed by atoms with E-state index in [0.717, 1.165) is 43.7 Å². The van der Waals surface area contributed by atoms with Crippen molar-refractivity contribution in [3.8, 4) is 0 Å². The highest BCUT2D eigenvalue weighted by Crippen LogP contribution is 2.38. The van der Waals surface area contributed by atoms with Crippen LogP contribution in [0.4, 0.5) is 10.1 Å². The van der Waals surface area contributed by atoms with Gasteiger partial charge in [0.15, 0.2) is 0 Å². The molecule has 0 atom stereocenters. The highest BCUT2D eigenvalue weighted by Gasteiger charge is 2.32. The summed E-state index contributed by atoms with van der Waals surface area (Å²) < 4.78 is 15.4. The third-order valence-electron chi connectivity index (χ3n) is 7.10. The molecule has 5 nitrogen and oxygen atoms in total. The fourth-order valence-electron chi connectivity index (χ4n) is 5.34. The third kappa shape index (κ3) is 3.71. The topological polar surface area (TPSA) is 40.5 Å². The van der Waals surface area contributed by atoms with Gasteiger partial charge in [-0.2, -0.15) is 0 Å². The van der Waals surface area contributed by atoms with Crippen molar-refractivity contribution in [1.82, 2.24) is 14.8 Å². The summed E-state index contributed by atoms with van der Waals surface area (Å²) in [7, 11) is 2.14. The zero-order chi connectivity index (χ0) is 22.5. The highest BCUT2D eigenvalue weighted by atomic mass is 19.1. The number of rotatable bonds is 4. The summed E-state index contributed by atoms with van der Waals surface area (Å²) in [6.45, 7) is 8.21. The first-order valence-corrected chi connectivity index (χ1v) is 11.5. The number of fused-ring (bicyclic) bond motifs is 3. The summed E-state index contributed by atoms with van der Waals surface area (Å²) in [4.78, 5) is 17.1. The molecule has 32 heavy (non-hydrogen) atoms. The Hall–Kier alpha value is -2.70. The first-order valence-electron chi connectivity index (χ1n) is 11.5. The molecule has 0 spiro atoms. The molecule has 0 unspecified atom stereocenters. The molecule has 3 aromatic rings. The molecule has 0 saturated carbocycles. The minimum atomic E-state index is -0.214. The van der Waals surface area contributed by atoms with Crippen molar-refractivity contribution in [3.63, 3.8) is 0 Å². The molecule has 2 aliphatic rings. The summed E-state index contributed by atoms with van der Waals surface area (Å²) >= 11 is 0. The largest absolute Gasteiger partial charge is 0.347 e. The summed E-state index contributed by atoms with van der Waals surface area (Å²) in [5, 5.41) is 4.91. The molecule has 0 aliphatic carbocycles. The number of nitrogens with zero attached hydrogens (tertiary/aromatic N) is 3. The van der Waals surface area contributed by atoms with Gasteiger partial charge in [-0.15, -0.1) is 0 Å². The van der Waals surface area contributed by atoms with Crippen molar-refractivity contribution in [2.24, 2.45) is 7.05 Å². The van der Waals surface area contributed by atoms with Gasteiger partial charge >= 0.3 is 0 Å². The highest BCUT2D eigenvalue weighted by molar-refractivity contribution is 5.98. The number of hydrogen-bond donors (Lipinski definition) is 1. The van der Waals surface area contributed by atoms with Crippen LogP contribution in [-0.2, 0) is 30.2 Å². The Morgan fingerprint density at radius 3 is 2.62 bits per heavy atom. The summed E-state index contributed by atoms with van der Waals surface area (Å²) in [6, 6.07) is 13.1. The molecule has 6 heteroatoms. The van der Waals surface area contributed by atoms with Crippen LogP contribution in [0, 0.1) is 5.82 Å². The molecule has 5 rings (SSSR count). The van der Waals surface area contributed by atoms with E-state index in [2.05, 4.69) is 53.9 Å². The normalized spacial score (nSPS) is 18.9. The number of amides is 1. The molecule has 1 aromatic heterocycles. The molecule has 2 aliphatic heterocycles. The van der Waals surface area contributed by atoms with Gasteiger partial charge in [-0.05, 0) is 50.1 Å². The van der Waals surface area contributed by atoms with Crippen LogP contribution >= 0.6 is 0 Å². The van der Waals surface area contributed by atoms with Gasteiger partial charge in [0.25, 0.3) is 0 Å². The fourth-order valence-corrected chi connectivity index (χ4v) is 5.34. The third-order valence-corrected chi connectivity index (χ3v) is 7.10. The lowest BCUT2D eigenvalue weighted by Gasteiger charge is -2.34. The molecule has 1 fully saturated rings.